The van der Waals surface area contributed by atoms with Crippen molar-refractivity contribution in [2.45, 2.75) is 33.6 Å². The van der Waals surface area contributed by atoms with Gasteiger partial charge in [0, 0.05) is 0 Å². The average molecular weight is 250 g/mol. The van der Waals surface area contributed by atoms with E-state index in [9.17, 15) is 9.18 Å². The van der Waals surface area contributed by atoms with E-state index in [0.29, 0.717) is 18.4 Å². The van der Waals surface area contributed by atoms with Gasteiger partial charge in [-0.2, -0.15) is 0 Å². The molecule has 3 heteroatoms. The number of allylic oxidation sites excluding steroid dienone is 1. The minimum atomic E-state index is -0.784. The van der Waals surface area contributed by atoms with Gasteiger partial charge in [0.25, 0.3) is 0 Å². The fraction of sp³-hybridized carbons (Fsp3) is 0.400. The highest BCUT2D eigenvalue weighted by Gasteiger charge is 2.25. The molecule has 2 nitrogen and oxygen atoms in total. The molecule has 18 heavy (non-hydrogen) atoms. The lowest BCUT2D eigenvalue weighted by Crippen LogP contribution is -2.22. The van der Waals surface area contributed by atoms with E-state index in [1.807, 2.05) is 12.2 Å². The van der Waals surface area contributed by atoms with Crippen LogP contribution in [0.15, 0.2) is 24.3 Å². The first-order chi connectivity index (χ1) is 8.33. The van der Waals surface area contributed by atoms with Crippen LogP contribution in [0.2, 0.25) is 0 Å². The van der Waals surface area contributed by atoms with E-state index in [2.05, 4.69) is 0 Å². The van der Waals surface area contributed by atoms with Crippen LogP contribution in [0.25, 0.3) is 6.08 Å². The number of aryl methyl sites for hydroxylation is 1. The van der Waals surface area contributed by atoms with Gasteiger partial charge in [0.2, 0.25) is 0 Å². The molecular weight excluding hydrogens is 231 g/mol. The second kappa shape index (κ2) is 5.80. The molecule has 0 heterocycles. The number of hydrogen-bond acceptors (Lipinski definition) is 1. The highest BCUT2D eigenvalue weighted by Crippen LogP contribution is 2.23. The zero-order valence-corrected chi connectivity index (χ0v) is 11.0. The second-order valence-electron chi connectivity index (χ2n) is 5.14. The van der Waals surface area contributed by atoms with Crippen LogP contribution in [0.5, 0.6) is 0 Å². The molecule has 0 spiro atoms. The van der Waals surface area contributed by atoms with Crippen molar-refractivity contribution < 1.29 is 14.3 Å². The third-order valence-electron chi connectivity index (χ3n) is 3.01. The Morgan fingerprint density at radius 1 is 1.44 bits per heavy atom. The van der Waals surface area contributed by atoms with Gasteiger partial charge in [0.1, 0.15) is 5.82 Å². The fourth-order valence-corrected chi connectivity index (χ4v) is 1.54. The number of carboxylic acid groups (broad SMARTS) is 1. The number of carboxylic acids is 1. The van der Waals surface area contributed by atoms with Crippen LogP contribution in [0, 0.1) is 18.2 Å². The fourth-order valence-electron chi connectivity index (χ4n) is 1.54. The van der Waals surface area contributed by atoms with Crippen LogP contribution in [0.4, 0.5) is 4.39 Å². The molecule has 0 saturated carbocycles. The molecule has 0 fully saturated rings. The van der Waals surface area contributed by atoms with Crippen molar-refractivity contribution in [1.82, 2.24) is 0 Å². The molecule has 0 saturated heterocycles. The van der Waals surface area contributed by atoms with Gasteiger partial charge >= 0.3 is 5.97 Å². The van der Waals surface area contributed by atoms with Crippen LogP contribution >= 0.6 is 0 Å². The summed E-state index contributed by atoms with van der Waals surface area (Å²) in [6.45, 7) is 5.15. The minimum Gasteiger partial charge on any atom is -0.481 e. The maximum absolute atomic E-state index is 13.0. The summed E-state index contributed by atoms with van der Waals surface area (Å²) in [7, 11) is 0. The van der Waals surface area contributed by atoms with E-state index in [1.165, 1.54) is 6.07 Å². The van der Waals surface area contributed by atoms with E-state index in [-0.39, 0.29) is 5.82 Å². The standard InChI is InChI=1S/C15H19FO2/c1-11-10-12(7-8-13(11)16)6-4-5-9-15(2,3)14(17)18/h4,6-8,10H,5,9H2,1-3H3,(H,17,18)/b6-4+. The van der Waals surface area contributed by atoms with Gasteiger partial charge in [0.15, 0.2) is 0 Å². The topological polar surface area (TPSA) is 37.3 Å². The number of carbonyl (C=O) groups is 1. The molecule has 0 aliphatic rings. The predicted molar refractivity (Wildman–Crippen MR) is 70.8 cm³/mol. The molecule has 0 amide bonds. The first kappa shape index (κ1) is 14.4. The Bertz CT molecular complexity index is 462. The van der Waals surface area contributed by atoms with Crippen LogP contribution < -0.4 is 0 Å². The molecular formula is C15H19FO2. The highest BCUT2D eigenvalue weighted by molar-refractivity contribution is 5.73. The Hall–Kier alpha value is -1.64. The molecule has 1 N–H and O–H groups in total. The number of benzene rings is 1. The van der Waals surface area contributed by atoms with Crippen molar-refractivity contribution in [3.63, 3.8) is 0 Å². The summed E-state index contributed by atoms with van der Waals surface area (Å²) < 4.78 is 13.0. The summed E-state index contributed by atoms with van der Waals surface area (Å²) in [5, 5.41) is 8.96. The number of rotatable bonds is 5. The molecule has 98 valence electrons. The van der Waals surface area contributed by atoms with E-state index >= 15 is 0 Å². The van der Waals surface area contributed by atoms with Crippen LogP contribution in [0.3, 0.4) is 0 Å². The van der Waals surface area contributed by atoms with Gasteiger partial charge < -0.3 is 5.11 Å². The lowest BCUT2D eigenvalue weighted by atomic mass is 9.88. The summed E-state index contributed by atoms with van der Waals surface area (Å²) in [4.78, 5) is 10.9. The van der Waals surface area contributed by atoms with Crippen LogP contribution in [-0.2, 0) is 4.79 Å². The SMILES string of the molecule is Cc1cc(/C=C/CCC(C)(C)C(=O)O)ccc1F. The quantitative estimate of drug-likeness (QED) is 0.856. The van der Waals surface area contributed by atoms with E-state index in [1.54, 1.807) is 32.9 Å². The molecule has 0 unspecified atom stereocenters. The van der Waals surface area contributed by atoms with Crippen molar-refractivity contribution in [2.24, 2.45) is 5.41 Å². The van der Waals surface area contributed by atoms with E-state index < -0.39 is 11.4 Å². The summed E-state index contributed by atoms with van der Waals surface area (Å²) in [6, 6.07) is 4.92. The van der Waals surface area contributed by atoms with Gasteiger partial charge in [-0.05, 0) is 56.9 Å². The summed E-state index contributed by atoms with van der Waals surface area (Å²) in [5.41, 5.74) is 0.841. The van der Waals surface area contributed by atoms with Crippen molar-refractivity contribution in [2.75, 3.05) is 0 Å². The van der Waals surface area contributed by atoms with Crippen molar-refractivity contribution in [3.05, 3.63) is 41.2 Å². The molecule has 0 bridgehead atoms. The number of hydrogen-bond donors (Lipinski definition) is 1. The minimum absolute atomic E-state index is 0.209. The van der Waals surface area contributed by atoms with Gasteiger partial charge in [-0.3, -0.25) is 4.79 Å². The van der Waals surface area contributed by atoms with Crippen LogP contribution in [0.1, 0.15) is 37.8 Å². The Morgan fingerprint density at radius 3 is 2.67 bits per heavy atom. The van der Waals surface area contributed by atoms with Gasteiger partial charge in [-0.25, -0.2) is 4.39 Å². The van der Waals surface area contributed by atoms with E-state index in [4.69, 9.17) is 5.11 Å². The Labute approximate surface area is 107 Å². The first-order valence-corrected chi connectivity index (χ1v) is 5.99. The van der Waals surface area contributed by atoms with Crippen molar-refractivity contribution >= 4 is 12.0 Å². The summed E-state index contributed by atoms with van der Waals surface area (Å²) in [6.07, 6.45) is 5.09. The lowest BCUT2D eigenvalue weighted by Gasteiger charge is -2.17. The molecule has 0 aliphatic carbocycles. The first-order valence-electron chi connectivity index (χ1n) is 5.99. The molecule has 1 aromatic carbocycles. The maximum Gasteiger partial charge on any atom is 0.309 e. The van der Waals surface area contributed by atoms with Gasteiger partial charge in [-0.15, -0.1) is 0 Å². The third kappa shape index (κ3) is 3.99. The predicted octanol–water partition coefficient (Wildman–Crippen LogP) is 4.04. The molecule has 1 rings (SSSR count). The maximum atomic E-state index is 13.0. The highest BCUT2D eigenvalue weighted by atomic mass is 19.1. The summed E-state index contributed by atoms with van der Waals surface area (Å²) >= 11 is 0. The largest absolute Gasteiger partial charge is 0.481 e. The Kier molecular flexibility index (Phi) is 4.65. The monoisotopic (exact) mass is 250 g/mol. The zero-order chi connectivity index (χ0) is 13.8. The smallest absolute Gasteiger partial charge is 0.309 e. The molecule has 0 aliphatic heterocycles. The van der Waals surface area contributed by atoms with Crippen molar-refractivity contribution in [1.29, 1.82) is 0 Å². The molecule has 0 radical (unpaired) electrons. The van der Waals surface area contributed by atoms with Crippen molar-refractivity contribution in [3.8, 4) is 0 Å². The van der Waals surface area contributed by atoms with Crippen LogP contribution in [-0.4, -0.2) is 11.1 Å². The zero-order valence-electron chi connectivity index (χ0n) is 11.0. The molecule has 1 aromatic rings. The molecule has 0 atom stereocenters. The van der Waals surface area contributed by atoms with Gasteiger partial charge in [-0.1, -0.05) is 18.2 Å². The average Bonchev–Trinajstić information content (AvgIpc) is 2.29. The Morgan fingerprint density at radius 2 is 2.11 bits per heavy atom. The lowest BCUT2D eigenvalue weighted by molar-refractivity contribution is -0.147. The Balaban J connectivity index is 2.56. The molecule has 0 aromatic heterocycles. The number of aliphatic carboxylic acids is 1. The third-order valence-corrected chi connectivity index (χ3v) is 3.01. The second-order valence-corrected chi connectivity index (χ2v) is 5.14. The number of halogens is 1. The normalized spacial score (nSPS) is 12.0. The van der Waals surface area contributed by atoms with Gasteiger partial charge in [0.05, 0.1) is 5.41 Å². The summed E-state index contributed by atoms with van der Waals surface area (Å²) in [5.74, 6) is -0.993. The van der Waals surface area contributed by atoms with E-state index in [0.717, 1.165) is 5.56 Å².